The maximum Gasteiger partial charge on any atom is 0.247 e. The number of imidazole rings is 1. The van der Waals surface area contributed by atoms with Crippen LogP contribution in [0.2, 0.25) is 0 Å². The van der Waals surface area contributed by atoms with Gasteiger partial charge in [-0.05, 0) is 55.2 Å². The molecule has 1 saturated heterocycles. The Morgan fingerprint density at radius 2 is 1.83 bits per heavy atom. The predicted octanol–water partition coefficient (Wildman–Crippen LogP) is 0.839. The number of fused-ring (bicyclic) bond motifs is 1. The highest BCUT2D eigenvalue weighted by Crippen LogP contribution is 2.29. The summed E-state index contributed by atoms with van der Waals surface area (Å²) in [7, 11) is 1.96. The molecule has 1 amide bonds. The summed E-state index contributed by atoms with van der Waals surface area (Å²) in [5.74, 6) is 0.761. The summed E-state index contributed by atoms with van der Waals surface area (Å²) in [6.45, 7) is 3.58. The Morgan fingerprint density at radius 3 is 2.46 bits per heavy atom. The molecule has 35 heavy (non-hydrogen) atoms. The number of likely N-dealkylation sites (tertiary alicyclic amines) is 1. The largest absolute Gasteiger partial charge is 0.378 e. The predicted molar refractivity (Wildman–Crippen MR) is 135 cm³/mol. The molecule has 0 unspecified atom stereocenters. The van der Waals surface area contributed by atoms with E-state index in [-0.39, 0.29) is 12.5 Å². The van der Waals surface area contributed by atoms with Crippen molar-refractivity contribution >= 4 is 22.6 Å². The van der Waals surface area contributed by atoms with Crippen LogP contribution in [0.3, 0.4) is 0 Å². The minimum Gasteiger partial charge on any atom is -0.378 e. The molecule has 10 nitrogen and oxygen atoms in total. The van der Waals surface area contributed by atoms with Crippen LogP contribution in [0.25, 0.3) is 11.0 Å². The van der Waals surface area contributed by atoms with Gasteiger partial charge in [0.25, 0.3) is 0 Å². The smallest absolute Gasteiger partial charge is 0.247 e. The highest BCUT2D eigenvalue weighted by molar-refractivity contribution is 5.89. The first-order chi connectivity index (χ1) is 16.7. The van der Waals surface area contributed by atoms with E-state index in [1.54, 1.807) is 6.92 Å². The third-order valence-corrected chi connectivity index (χ3v) is 6.76. The second-order valence-electron chi connectivity index (χ2n) is 9.28. The minimum absolute atomic E-state index is 0.0755. The molecule has 4 rings (SSSR count). The molecule has 0 saturated carbocycles. The Kier molecular flexibility index (Phi) is 7.39. The molecule has 2 heterocycles. The molecule has 188 valence electrons. The van der Waals surface area contributed by atoms with Crippen LogP contribution in [0.15, 0.2) is 42.5 Å². The molecule has 0 spiro atoms. The van der Waals surface area contributed by atoms with Crippen molar-refractivity contribution in [3.05, 3.63) is 59.4 Å². The van der Waals surface area contributed by atoms with Gasteiger partial charge >= 0.3 is 0 Å². The molecule has 10 heteroatoms. The summed E-state index contributed by atoms with van der Waals surface area (Å²) in [6, 6.07) is 13.4. The van der Waals surface area contributed by atoms with Gasteiger partial charge in [0.1, 0.15) is 11.4 Å². The van der Waals surface area contributed by atoms with Gasteiger partial charge in [-0.25, -0.2) is 4.98 Å². The second kappa shape index (κ2) is 10.3. The number of anilines is 1. The Hall–Kier alpha value is -3.02. The van der Waals surface area contributed by atoms with Crippen molar-refractivity contribution in [2.75, 3.05) is 25.0 Å². The van der Waals surface area contributed by atoms with Gasteiger partial charge in [-0.2, -0.15) is 0 Å². The monoisotopic (exact) mass is 481 g/mol. The molecular formula is C25H35N7O3. The number of carbonyl (C=O) groups excluding carboxylic acids is 1. The van der Waals surface area contributed by atoms with Gasteiger partial charge in [-0.1, -0.05) is 18.2 Å². The first-order valence-electron chi connectivity index (χ1n) is 11.9. The lowest BCUT2D eigenvalue weighted by molar-refractivity contribution is -0.138. The zero-order valence-electron chi connectivity index (χ0n) is 20.2. The maximum absolute atomic E-state index is 13.5. The van der Waals surface area contributed by atoms with E-state index in [0.29, 0.717) is 19.6 Å². The maximum atomic E-state index is 13.5. The lowest BCUT2D eigenvalue weighted by Gasteiger charge is -2.34. The van der Waals surface area contributed by atoms with Crippen molar-refractivity contribution in [3.8, 4) is 0 Å². The standard InChI is InChI=1S/C25H35N7O3/c1-25(29-15-22(33)34,24(35)32-11-3-4-12-32)17-7-10-20-19(13-17)30-21(31(20)2)14-28-18-8-5-16(6-9-18)23(26)27/h5-10,13,22-23,28-29,33-34H,3-4,11-12,14-15,26-27H2,1-2H3/t25-/m1/s1. The molecule has 3 aromatic rings. The first kappa shape index (κ1) is 25.1. The molecule has 1 fully saturated rings. The number of aryl methyl sites for hydroxylation is 1. The van der Waals surface area contributed by atoms with Gasteiger partial charge in [0.05, 0.1) is 23.7 Å². The number of nitrogens with two attached hydrogens (primary N) is 2. The first-order valence-corrected chi connectivity index (χ1v) is 11.9. The van der Waals surface area contributed by atoms with Gasteiger partial charge in [-0.3, -0.25) is 10.1 Å². The summed E-state index contributed by atoms with van der Waals surface area (Å²) >= 11 is 0. The van der Waals surface area contributed by atoms with E-state index in [1.807, 2.05) is 59.0 Å². The number of amides is 1. The fraction of sp³-hybridized carbons (Fsp3) is 0.440. The fourth-order valence-electron chi connectivity index (χ4n) is 4.56. The molecule has 8 N–H and O–H groups in total. The van der Waals surface area contributed by atoms with E-state index in [1.165, 1.54) is 0 Å². The van der Waals surface area contributed by atoms with Crippen LogP contribution < -0.4 is 22.1 Å². The summed E-state index contributed by atoms with van der Waals surface area (Å²) in [5, 5.41) is 25.3. The van der Waals surface area contributed by atoms with Crippen LogP contribution in [0, 0.1) is 0 Å². The Morgan fingerprint density at radius 1 is 1.14 bits per heavy atom. The minimum atomic E-state index is -1.56. The van der Waals surface area contributed by atoms with Crippen molar-refractivity contribution < 1.29 is 15.0 Å². The number of hydrogen-bond acceptors (Lipinski definition) is 8. The molecule has 0 bridgehead atoms. The van der Waals surface area contributed by atoms with Gasteiger partial charge in [0.2, 0.25) is 5.91 Å². The van der Waals surface area contributed by atoms with Crippen LogP contribution in [0.5, 0.6) is 0 Å². The van der Waals surface area contributed by atoms with Gasteiger partial charge in [0, 0.05) is 32.4 Å². The highest BCUT2D eigenvalue weighted by Gasteiger charge is 2.39. The van der Waals surface area contributed by atoms with Gasteiger partial charge in [0.15, 0.2) is 6.29 Å². The van der Waals surface area contributed by atoms with Crippen LogP contribution >= 0.6 is 0 Å². The Balaban J connectivity index is 1.59. The third kappa shape index (κ3) is 5.31. The molecule has 1 atom stereocenters. The van der Waals surface area contributed by atoms with E-state index in [0.717, 1.165) is 46.5 Å². The van der Waals surface area contributed by atoms with Crippen molar-refractivity contribution in [1.82, 2.24) is 19.8 Å². The molecule has 2 aromatic carbocycles. The van der Waals surface area contributed by atoms with E-state index in [4.69, 9.17) is 16.5 Å². The van der Waals surface area contributed by atoms with Crippen molar-refractivity contribution in [3.63, 3.8) is 0 Å². The van der Waals surface area contributed by atoms with Crippen molar-refractivity contribution in [2.24, 2.45) is 18.5 Å². The van der Waals surface area contributed by atoms with E-state index in [2.05, 4.69) is 10.6 Å². The molecule has 0 aliphatic carbocycles. The number of hydrogen-bond donors (Lipinski definition) is 6. The van der Waals surface area contributed by atoms with Crippen molar-refractivity contribution in [1.29, 1.82) is 0 Å². The molecule has 1 aromatic heterocycles. The lowest BCUT2D eigenvalue weighted by Crippen LogP contribution is -2.54. The third-order valence-electron chi connectivity index (χ3n) is 6.76. The zero-order valence-corrected chi connectivity index (χ0v) is 20.2. The van der Waals surface area contributed by atoms with Crippen molar-refractivity contribution in [2.45, 2.75) is 44.3 Å². The van der Waals surface area contributed by atoms with Crippen LogP contribution in [0.1, 0.15) is 42.9 Å². The van der Waals surface area contributed by atoms with Crippen LogP contribution in [-0.4, -0.2) is 56.5 Å². The Labute approximate surface area is 204 Å². The van der Waals surface area contributed by atoms with E-state index >= 15 is 0 Å². The summed E-state index contributed by atoms with van der Waals surface area (Å²) in [4.78, 5) is 20.1. The topological polar surface area (TPSA) is 155 Å². The average molecular weight is 482 g/mol. The lowest BCUT2D eigenvalue weighted by atomic mass is 9.89. The molecule has 1 aliphatic heterocycles. The normalized spacial score (nSPS) is 15.8. The number of aliphatic hydroxyl groups excluding tert-OH is 1. The summed E-state index contributed by atoms with van der Waals surface area (Å²) < 4.78 is 2.01. The number of aliphatic hydroxyl groups is 2. The number of aromatic nitrogens is 2. The van der Waals surface area contributed by atoms with Gasteiger partial charge < -0.3 is 36.5 Å². The fourth-order valence-corrected chi connectivity index (χ4v) is 4.56. The van der Waals surface area contributed by atoms with E-state index < -0.39 is 18.0 Å². The average Bonchev–Trinajstić information content (AvgIpc) is 3.49. The second-order valence-corrected chi connectivity index (χ2v) is 9.28. The van der Waals surface area contributed by atoms with Crippen LogP contribution in [0.4, 0.5) is 5.69 Å². The molecule has 1 aliphatic rings. The molecular weight excluding hydrogens is 446 g/mol. The van der Waals surface area contributed by atoms with Gasteiger partial charge in [-0.15, -0.1) is 0 Å². The number of nitrogens with zero attached hydrogens (tertiary/aromatic N) is 3. The SMILES string of the molecule is Cn1c(CNc2ccc(C(N)N)cc2)nc2cc([C@@](C)(NCC(O)O)C(=O)N3CCCC3)ccc21. The Bertz CT molecular complexity index is 1170. The summed E-state index contributed by atoms with van der Waals surface area (Å²) in [6.07, 6.45) is -0.119. The van der Waals surface area contributed by atoms with Crippen LogP contribution in [-0.2, 0) is 23.9 Å². The number of nitrogens with one attached hydrogen (secondary N) is 2. The zero-order chi connectivity index (χ0) is 25.2. The molecule has 0 radical (unpaired) electrons. The summed E-state index contributed by atoms with van der Waals surface area (Å²) in [5.41, 5.74) is 14.5. The quantitative estimate of drug-likeness (QED) is 0.246. The highest BCUT2D eigenvalue weighted by atomic mass is 16.5. The number of rotatable bonds is 9. The number of carbonyl (C=O) groups is 1. The number of benzene rings is 2. The van der Waals surface area contributed by atoms with E-state index in [9.17, 15) is 15.0 Å².